The number of carbonyl (C=O) groups is 1. The molecule has 0 aliphatic heterocycles. The van der Waals surface area contributed by atoms with Gasteiger partial charge in [0.2, 0.25) is 0 Å². The predicted molar refractivity (Wildman–Crippen MR) is 39.8 cm³/mol. The van der Waals surface area contributed by atoms with E-state index in [4.69, 9.17) is 9.52 Å². The zero-order valence-corrected chi connectivity index (χ0v) is 6.70. The number of aryl methyl sites for hydroxylation is 1. The van der Waals surface area contributed by atoms with Gasteiger partial charge in [-0.05, 0) is 12.8 Å². The van der Waals surface area contributed by atoms with Gasteiger partial charge in [0.05, 0.1) is 5.69 Å². The van der Waals surface area contributed by atoms with Crippen molar-refractivity contribution in [2.75, 3.05) is 0 Å². The number of carboxylic acid groups (broad SMARTS) is 1. The lowest BCUT2D eigenvalue weighted by molar-refractivity contribution is -0.140. The second kappa shape index (κ2) is 2.09. The SMILES string of the molecule is Cc1nc(C2(C(=O)O)CC2)co1. The van der Waals surface area contributed by atoms with Crippen molar-refractivity contribution in [3.8, 4) is 0 Å². The average Bonchev–Trinajstić information content (AvgIpc) is 2.71. The van der Waals surface area contributed by atoms with E-state index in [9.17, 15) is 4.79 Å². The van der Waals surface area contributed by atoms with Crippen molar-refractivity contribution in [2.24, 2.45) is 0 Å². The summed E-state index contributed by atoms with van der Waals surface area (Å²) in [7, 11) is 0. The summed E-state index contributed by atoms with van der Waals surface area (Å²) >= 11 is 0. The van der Waals surface area contributed by atoms with Crippen LogP contribution in [0.25, 0.3) is 0 Å². The molecule has 1 fully saturated rings. The first kappa shape index (κ1) is 7.34. The molecule has 4 nitrogen and oxygen atoms in total. The zero-order valence-electron chi connectivity index (χ0n) is 6.70. The maximum Gasteiger partial charge on any atom is 0.315 e. The Morgan fingerprint density at radius 3 is 2.75 bits per heavy atom. The number of aromatic nitrogens is 1. The average molecular weight is 167 g/mol. The molecule has 1 aliphatic rings. The van der Waals surface area contributed by atoms with Gasteiger partial charge in [-0.1, -0.05) is 0 Å². The Morgan fingerprint density at radius 2 is 2.42 bits per heavy atom. The van der Waals surface area contributed by atoms with Crippen molar-refractivity contribution in [2.45, 2.75) is 25.2 Å². The summed E-state index contributed by atoms with van der Waals surface area (Å²) in [6, 6.07) is 0. The van der Waals surface area contributed by atoms with Gasteiger partial charge in [-0.15, -0.1) is 0 Å². The van der Waals surface area contributed by atoms with E-state index in [1.165, 1.54) is 6.26 Å². The summed E-state index contributed by atoms with van der Waals surface area (Å²) in [6.45, 7) is 1.71. The molecule has 1 aliphatic carbocycles. The largest absolute Gasteiger partial charge is 0.481 e. The molecule has 0 aromatic carbocycles. The fourth-order valence-electron chi connectivity index (χ4n) is 1.29. The summed E-state index contributed by atoms with van der Waals surface area (Å²) in [6.07, 6.45) is 2.79. The summed E-state index contributed by atoms with van der Waals surface area (Å²) in [4.78, 5) is 14.8. The van der Waals surface area contributed by atoms with Crippen LogP contribution in [0.5, 0.6) is 0 Å². The number of oxazole rings is 1. The molecule has 1 aromatic heterocycles. The Balaban J connectivity index is 2.36. The Morgan fingerprint density at radius 1 is 1.75 bits per heavy atom. The van der Waals surface area contributed by atoms with Crippen LogP contribution >= 0.6 is 0 Å². The van der Waals surface area contributed by atoms with E-state index in [1.807, 2.05) is 0 Å². The molecule has 0 saturated heterocycles. The third kappa shape index (κ3) is 0.841. The minimum atomic E-state index is -0.796. The fourth-order valence-corrected chi connectivity index (χ4v) is 1.29. The lowest BCUT2D eigenvalue weighted by atomic mass is 10.0. The van der Waals surface area contributed by atoms with E-state index in [2.05, 4.69) is 4.98 Å². The van der Waals surface area contributed by atoms with Crippen LogP contribution in [0.15, 0.2) is 10.7 Å². The van der Waals surface area contributed by atoms with Crippen LogP contribution in [0.2, 0.25) is 0 Å². The van der Waals surface area contributed by atoms with Gasteiger partial charge >= 0.3 is 5.97 Å². The molecule has 4 heteroatoms. The molecular weight excluding hydrogens is 158 g/mol. The Kier molecular flexibility index (Phi) is 1.28. The second-order valence-corrected chi connectivity index (χ2v) is 3.14. The summed E-state index contributed by atoms with van der Waals surface area (Å²) in [5.74, 6) is -0.270. The van der Waals surface area contributed by atoms with E-state index < -0.39 is 11.4 Å². The van der Waals surface area contributed by atoms with Crippen LogP contribution in [0.3, 0.4) is 0 Å². The van der Waals surface area contributed by atoms with Crippen LogP contribution in [-0.2, 0) is 10.2 Å². The number of hydrogen-bond donors (Lipinski definition) is 1. The van der Waals surface area contributed by atoms with Crippen LogP contribution in [0.4, 0.5) is 0 Å². The standard InChI is InChI=1S/C8H9NO3/c1-5-9-6(4-12-5)8(2-3-8)7(10)11/h4H,2-3H2,1H3,(H,10,11). The molecule has 64 valence electrons. The van der Waals surface area contributed by atoms with Gasteiger partial charge in [-0.2, -0.15) is 0 Å². The number of nitrogens with zero attached hydrogens (tertiary/aromatic N) is 1. The molecular formula is C8H9NO3. The van der Waals surface area contributed by atoms with E-state index in [-0.39, 0.29) is 0 Å². The number of aliphatic carboxylic acids is 1. The quantitative estimate of drug-likeness (QED) is 0.716. The predicted octanol–water partition coefficient (Wildman–Crippen LogP) is 1.10. The van der Waals surface area contributed by atoms with E-state index in [0.717, 1.165) is 0 Å². The van der Waals surface area contributed by atoms with Gasteiger partial charge < -0.3 is 9.52 Å². The third-order valence-corrected chi connectivity index (χ3v) is 2.27. The molecule has 0 bridgehead atoms. The number of hydrogen-bond acceptors (Lipinski definition) is 3. The van der Waals surface area contributed by atoms with Gasteiger partial charge in [0.1, 0.15) is 11.7 Å². The Labute approximate surface area is 69.2 Å². The van der Waals surface area contributed by atoms with Crippen LogP contribution in [-0.4, -0.2) is 16.1 Å². The lowest BCUT2D eigenvalue weighted by Gasteiger charge is -2.02. The first-order valence-corrected chi connectivity index (χ1v) is 3.81. The smallest absolute Gasteiger partial charge is 0.315 e. The third-order valence-electron chi connectivity index (χ3n) is 2.27. The zero-order chi connectivity index (χ0) is 8.77. The van der Waals surface area contributed by atoms with Crippen molar-refractivity contribution in [3.63, 3.8) is 0 Å². The topological polar surface area (TPSA) is 63.3 Å². The van der Waals surface area contributed by atoms with Crippen molar-refractivity contribution in [1.82, 2.24) is 4.98 Å². The van der Waals surface area contributed by atoms with E-state index >= 15 is 0 Å². The van der Waals surface area contributed by atoms with Crippen LogP contribution in [0, 0.1) is 6.92 Å². The molecule has 0 spiro atoms. The number of rotatable bonds is 2. The summed E-state index contributed by atoms with van der Waals surface area (Å²) in [5, 5.41) is 8.88. The molecule has 0 amide bonds. The molecule has 0 unspecified atom stereocenters. The van der Waals surface area contributed by atoms with E-state index in [1.54, 1.807) is 6.92 Å². The van der Waals surface area contributed by atoms with Gasteiger partial charge in [0.25, 0.3) is 0 Å². The summed E-state index contributed by atoms with van der Waals surface area (Å²) < 4.78 is 4.97. The van der Waals surface area contributed by atoms with Crippen LogP contribution < -0.4 is 0 Å². The van der Waals surface area contributed by atoms with Crippen LogP contribution in [0.1, 0.15) is 24.4 Å². The molecule has 12 heavy (non-hydrogen) atoms. The first-order valence-electron chi connectivity index (χ1n) is 3.81. The van der Waals surface area contributed by atoms with Gasteiger partial charge in [-0.3, -0.25) is 4.79 Å². The van der Waals surface area contributed by atoms with Crippen molar-refractivity contribution >= 4 is 5.97 Å². The van der Waals surface area contributed by atoms with E-state index in [0.29, 0.717) is 24.4 Å². The molecule has 0 radical (unpaired) electrons. The molecule has 2 rings (SSSR count). The highest BCUT2D eigenvalue weighted by Gasteiger charge is 2.54. The molecule has 1 heterocycles. The van der Waals surface area contributed by atoms with Crippen molar-refractivity contribution in [3.05, 3.63) is 17.8 Å². The molecule has 1 saturated carbocycles. The van der Waals surface area contributed by atoms with Gasteiger partial charge in [0.15, 0.2) is 5.89 Å². The highest BCUT2D eigenvalue weighted by molar-refractivity contribution is 5.84. The normalized spacial score (nSPS) is 19.1. The molecule has 1 aromatic rings. The number of carboxylic acids is 1. The first-order chi connectivity index (χ1) is 5.65. The Bertz CT molecular complexity index is 325. The molecule has 1 N–H and O–H groups in total. The Hall–Kier alpha value is -1.32. The minimum Gasteiger partial charge on any atom is -0.481 e. The fraction of sp³-hybridized carbons (Fsp3) is 0.500. The van der Waals surface area contributed by atoms with Gasteiger partial charge in [-0.25, -0.2) is 4.98 Å². The maximum absolute atomic E-state index is 10.8. The lowest BCUT2D eigenvalue weighted by Crippen LogP contribution is -2.19. The second-order valence-electron chi connectivity index (χ2n) is 3.14. The summed E-state index contributed by atoms with van der Waals surface area (Å²) in [5.41, 5.74) is -0.162. The highest BCUT2D eigenvalue weighted by Crippen LogP contribution is 2.47. The highest BCUT2D eigenvalue weighted by atomic mass is 16.4. The van der Waals surface area contributed by atoms with Crippen molar-refractivity contribution in [1.29, 1.82) is 0 Å². The monoisotopic (exact) mass is 167 g/mol. The van der Waals surface area contributed by atoms with Gasteiger partial charge in [0, 0.05) is 6.92 Å². The minimum absolute atomic E-state index is 0.525. The molecule has 0 atom stereocenters. The maximum atomic E-state index is 10.8. The van der Waals surface area contributed by atoms with Crippen molar-refractivity contribution < 1.29 is 14.3 Å².